The van der Waals surface area contributed by atoms with Crippen LogP contribution in [0.2, 0.25) is 0 Å². The Kier molecular flexibility index (Phi) is 2.61. The molecule has 0 aliphatic carbocycles. The molecule has 2 heterocycles. The monoisotopic (exact) mass is 208 g/mol. The van der Waals surface area contributed by atoms with Gasteiger partial charge in [0.15, 0.2) is 0 Å². The van der Waals surface area contributed by atoms with Gasteiger partial charge < -0.3 is 9.84 Å². The highest BCUT2D eigenvalue weighted by Crippen LogP contribution is 2.26. The third-order valence-corrected chi connectivity index (χ3v) is 2.97. The topological polar surface area (TPSA) is 55.1 Å². The standard InChI is InChI=1S/C11H16N2O2/c1-6-4-9(14)5-10(12-6)11-7(2)8(3)15-13-11/h6,10,12H,4-5H2,1-3H3. The molecule has 0 saturated carbocycles. The van der Waals surface area contributed by atoms with Crippen molar-refractivity contribution in [3.05, 3.63) is 17.0 Å². The second-order valence-corrected chi connectivity index (χ2v) is 4.32. The molecule has 1 N–H and O–H groups in total. The van der Waals surface area contributed by atoms with Crippen molar-refractivity contribution in [1.82, 2.24) is 10.5 Å². The van der Waals surface area contributed by atoms with E-state index in [2.05, 4.69) is 10.5 Å². The molecule has 2 atom stereocenters. The maximum atomic E-state index is 11.5. The Morgan fingerprint density at radius 1 is 1.40 bits per heavy atom. The molecule has 0 aromatic carbocycles. The maximum Gasteiger partial charge on any atom is 0.136 e. The molecule has 1 aromatic rings. The fourth-order valence-electron chi connectivity index (χ4n) is 2.05. The molecule has 4 heteroatoms. The molecule has 2 unspecified atom stereocenters. The number of rotatable bonds is 1. The number of aromatic nitrogens is 1. The molecule has 0 amide bonds. The van der Waals surface area contributed by atoms with Gasteiger partial charge in [0, 0.05) is 24.4 Å². The number of ketones is 1. The average molecular weight is 208 g/mol. The summed E-state index contributed by atoms with van der Waals surface area (Å²) in [5, 5.41) is 7.39. The Morgan fingerprint density at radius 3 is 2.67 bits per heavy atom. The van der Waals surface area contributed by atoms with Gasteiger partial charge in [0.1, 0.15) is 17.2 Å². The highest BCUT2D eigenvalue weighted by molar-refractivity contribution is 5.80. The van der Waals surface area contributed by atoms with Gasteiger partial charge in [-0.05, 0) is 20.8 Å². The summed E-state index contributed by atoms with van der Waals surface area (Å²) >= 11 is 0. The number of carbonyl (C=O) groups is 1. The van der Waals surface area contributed by atoms with Crippen molar-refractivity contribution in [1.29, 1.82) is 0 Å². The second kappa shape index (κ2) is 3.77. The van der Waals surface area contributed by atoms with Gasteiger partial charge in [-0.3, -0.25) is 4.79 Å². The minimum Gasteiger partial charge on any atom is -0.361 e. The number of piperidine rings is 1. The van der Waals surface area contributed by atoms with E-state index >= 15 is 0 Å². The first-order chi connectivity index (χ1) is 7.08. The first kappa shape index (κ1) is 10.4. The predicted molar refractivity (Wildman–Crippen MR) is 55.6 cm³/mol. The van der Waals surface area contributed by atoms with Crippen molar-refractivity contribution in [3.63, 3.8) is 0 Å². The van der Waals surface area contributed by atoms with Crippen LogP contribution in [0.5, 0.6) is 0 Å². The van der Waals surface area contributed by atoms with Crippen molar-refractivity contribution in [2.75, 3.05) is 0 Å². The summed E-state index contributed by atoms with van der Waals surface area (Å²) in [6.07, 6.45) is 1.14. The van der Waals surface area contributed by atoms with Crippen LogP contribution in [0.3, 0.4) is 0 Å². The summed E-state index contributed by atoms with van der Waals surface area (Å²) in [5.74, 6) is 1.13. The van der Waals surface area contributed by atoms with Gasteiger partial charge in [-0.2, -0.15) is 0 Å². The number of hydrogen-bond acceptors (Lipinski definition) is 4. The van der Waals surface area contributed by atoms with Crippen molar-refractivity contribution < 1.29 is 9.32 Å². The molecule has 2 rings (SSSR count). The Morgan fingerprint density at radius 2 is 2.13 bits per heavy atom. The van der Waals surface area contributed by atoms with E-state index in [0.717, 1.165) is 17.0 Å². The maximum absolute atomic E-state index is 11.5. The molecule has 4 nitrogen and oxygen atoms in total. The predicted octanol–water partition coefficient (Wildman–Crippen LogP) is 1.67. The number of Topliss-reactive ketones (excluding diaryl/α,β-unsaturated/α-hetero) is 1. The second-order valence-electron chi connectivity index (χ2n) is 4.32. The molecule has 1 aliphatic rings. The SMILES string of the molecule is Cc1onc(C2CC(=O)CC(C)N2)c1C. The minimum atomic E-state index is 0.0266. The number of carbonyl (C=O) groups excluding carboxylic acids is 1. The third kappa shape index (κ3) is 1.95. The van der Waals surface area contributed by atoms with Crippen LogP contribution in [0.25, 0.3) is 0 Å². The third-order valence-electron chi connectivity index (χ3n) is 2.97. The van der Waals surface area contributed by atoms with Crippen LogP contribution in [0.4, 0.5) is 0 Å². The summed E-state index contributed by atoms with van der Waals surface area (Å²) in [5.41, 5.74) is 1.93. The van der Waals surface area contributed by atoms with E-state index in [1.165, 1.54) is 0 Å². The van der Waals surface area contributed by atoms with E-state index in [1.807, 2.05) is 20.8 Å². The highest BCUT2D eigenvalue weighted by Gasteiger charge is 2.28. The molecular formula is C11H16N2O2. The molecule has 0 radical (unpaired) electrons. The Hall–Kier alpha value is -1.16. The highest BCUT2D eigenvalue weighted by atomic mass is 16.5. The van der Waals surface area contributed by atoms with Crippen molar-refractivity contribution in [2.45, 2.75) is 45.7 Å². The van der Waals surface area contributed by atoms with Crippen molar-refractivity contribution >= 4 is 5.78 Å². The van der Waals surface area contributed by atoms with E-state index in [-0.39, 0.29) is 12.1 Å². The first-order valence-corrected chi connectivity index (χ1v) is 5.28. The number of nitrogens with zero attached hydrogens (tertiary/aromatic N) is 1. The van der Waals surface area contributed by atoms with E-state index in [0.29, 0.717) is 18.6 Å². The van der Waals surface area contributed by atoms with Gasteiger partial charge in [-0.25, -0.2) is 0 Å². The van der Waals surface area contributed by atoms with Gasteiger partial charge in [0.05, 0.1) is 6.04 Å². The van der Waals surface area contributed by atoms with Gasteiger partial charge in [-0.15, -0.1) is 0 Å². The summed E-state index contributed by atoms with van der Waals surface area (Å²) in [7, 11) is 0. The fourth-order valence-corrected chi connectivity index (χ4v) is 2.05. The first-order valence-electron chi connectivity index (χ1n) is 5.28. The summed E-state index contributed by atoms with van der Waals surface area (Å²) in [6, 6.07) is 0.256. The average Bonchev–Trinajstić information content (AvgIpc) is 2.46. The summed E-state index contributed by atoms with van der Waals surface area (Å²) in [4.78, 5) is 11.5. The zero-order chi connectivity index (χ0) is 11.0. The lowest BCUT2D eigenvalue weighted by Crippen LogP contribution is -2.39. The largest absolute Gasteiger partial charge is 0.361 e. The smallest absolute Gasteiger partial charge is 0.136 e. The lowest BCUT2D eigenvalue weighted by atomic mass is 9.94. The number of nitrogens with one attached hydrogen (secondary N) is 1. The van der Waals surface area contributed by atoms with Gasteiger partial charge in [0.25, 0.3) is 0 Å². The zero-order valence-corrected chi connectivity index (χ0v) is 9.33. The quantitative estimate of drug-likeness (QED) is 0.762. The molecule has 1 aromatic heterocycles. The number of hydrogen-bond donors (Lipinski definition) is 1. The molecule has 0 bridgehead atoms. The molecule has 0 spiro atoms. The zero-order valence-electron chi connectivity index (χ0n) is 9.33. The van der Waals surface area contributed by atoms with E-state index < -0.39 is 0 Å². The lowest BCUT2D eigenvalue weighted by Gasteiger charge is -2.26. The van der Waals surface area contributed by atoms with Crippen LogP contribution in [0, 0.1) is 13.8 Å². The van der Waals surface area contributed by atoms with Crippen LogP contribution in [0.15, 0.2) is 4.52 Å². The number of aryl methyl sites for hydroxylation is 1. The van der Waals surface area contributed by atoms with Gasteiger partial charge >= 0.3 is 0 Å². The van der Waals surface area contributed by atoms with Crippen LogP contribution in [-0.2, 0) is 4.79 Å². The van der Waals surface area contributed by atoms with Crippen LogP contribution in [-0.4, -0.2) is 17.0 Å². The van der Waals surface area contributed by atoms with Crippen molar-refractivity contribution in [3.8, 4) is 0 Å². The molecule has 82 valence electrons. The van der Waals surface area contributed by atoms with Crippen molar-refractivity contribution in [2.24, 2.45) is 0 Å². The van der Waals surface area contributed by atoms with E-state index in [1.54, 1.807) is 0 Å². The van der Waals surface area contributed by atoms with E-state index in [4.69, 9.17) is 4.52 Å². The molecule has 1 saturated heterocycles. The molecular weight excluding hydrogens is 192 g/mol. The Bertz CT molecular complexity index is 384. The Labute approximate surface area is 89.0 Å². The summed E-state index contributed by atoms with van der Waals surface area (Å²) in [6.45, 7) is 5.89. The van der Waals surface area contributed by atoms with Crippen LogP contribution < -0.4 is 5.32 Å². The van der Waals surface area contributed by atoms with Crippen LogP contribution in [0.1, 0.15) is 42.8 Å². The fraction of sp³-hybridized carbons (Fsp3) is 0.636. The normalized spacial score (nSPS) is 27.0. The molecule has 1 fully saturated rings. The lowest BCUT2D eigenvalue weighted by molar-refractivity contribution is -0.121. The molecule has 1 aliphatic heterocycles. The summed E-state index contributed by atoms with van der Waals surface area (Å²) < 4.78 is 5.12. The van der Waals surface area contributed by atoms with Gasteiger partial charge in [-0.1, -0.05) is 5.16 Å². The van der Waals surface area contributed by atoms with E-state index in [9.17, 15) is 4.79 Å². The minimum absolute atomic E-state index is 0.0266. The van der Waals surface area contributed by atoms with Crippen LogP contribution >= 0.6 is 0 Å². The molecule has 15 heavy (non-hydrogen) atoms. The Balaban J connectivity index is 2.23. The van der Waals surface area contributed by atoms with Gasteiger partial charge in [0.2, 0.25) is 0 Å².